The Hall–Kier alpha value is -10.3. The number of hydrogen-bond donors (Lipinski definition) is 0. The van der Waals surface area contributed by atoms with Crippen LogP contribution in [0.25, 0.3) is 54.6 Å². The van der Waals surface area contributed by atoms with Crippen molar-refractivity contribution in [1.82, 2.24) is 0 Å². The van der Waals surface area contributed by atoms with Gasteiger partial charge in [0.2, 0.25) is 0 Å². The van der Waals surface area contributed by atoms with E-state index in [4.69, 9.17) is 0 Å². The highest BCUT2D eigenvalue weighted by molar-refractivity contribution is 6.29. The second kappa shape index (κ2) is 22.3. The maximum atomic E-state index is 2.65. The van der Waals surface area contributed by atoms with Crippen LogP contribution in [-0.4, -0.2) is 0 Å². The summed E-state index contributed by atoms with van der Waals surface area (Å²) >= 11 is 0. The summed E-state index contributed by atoms with van der Waals surface area (Å²) in [5.74, 6) is 0.875. The van der Waals surface area contributed by atoms with Crippen molar-refractivity contribution in [2.75, 3.05) is 9.80 Å². The molecule has 0 unspecified atom stereocenters. The van der Waals surface area contributed by atoms with Gasteiger partial charge < -0.3 is 9.80 Å². The first-order valence-electron chi connectivity index (χ1n) is 33.9. The summed E-state index contributed by atoms with van der Waals surface area (Å²) in [6.07, 6.45) is 12.4. The minimum Gasteiger partial charge on any atom is -0.310 e. The molecular formula is C90H72N2. The zero-order valence-corrected chi connectivity index (χ0v) is 52.0. The Balaban J connectivity index is 0.908. The van der Waals surface area contributed by atoms with Crippen LogP contribution in [0.2, 0.25) is 0 Å². The molecule has 2 saturated carbocycles. The Morgan fingerprint density at radius 1 is 0.239 bits per heavy atom. The Morgan fingerprint density at radius 3 is 0.891 bits per heavy atom. The van der Waals surface area contributed by atoms with E-state index < -0.39 is 10.8 Å². The Kier molecular flexibility index (Phi) is 13.2. The number of rotatable bonds is 12. The molecule has 0 radical (unpaired) electrons. The third-order valence-corrected chi connectivity index (χ3v) is 21.9. The summed E-state index contributed by atoms with van der Waals surface area (Å²) in [7, 11) is 0. The van der Waals surface area contributed by atoms with Gasteiger partial charge in [-0.2, -0.15) is 0 Å². The SMILES string of the molecule is c1ccc(N(c2cccc(C3(c4ccccc4)c4ccccc4-c4ccccc43)c2)c2cc(C3CCCCC3)c3ccc4c(N(c5ccccc5)c5cccc(C6(c7ccccc7)c7ccccc7-c7ccccc76)c5)cc(C5CCCCC5)c5ccc2c3c54)cc1. The van der Waals surface area contributed by atoms with Gasteiger partial charge in [0, 0.05) is 33.5 Å². The Bertz CT molecular complexity index is 4660. The van der Waals surface area contributed by atoms with Crippen molar-refractivity contribution in [3.63, 3.8) is 0 Å². The van der Waals surface area contributed by atoms with Gasteiger partial charge in [-0.1, -0.05) is 281 Å². The molecule has 2 fully saturated rings. The van der Waals surface area contributed by atoms with Gasteiger partial charge >= 0.3 is 0 Å². The molecule has 4 aliphatic rings. The summed E-state index contributed by atoms with van der Waals surface area (Å²) in [6, 6.07) is 116. The van der Waals surface area contributed by atoms with Crippen molar-refractivity contribution in [3.8, 4) is 22.3 Å². The molecule has 0 atom stereocenters. The van der Waals surface area contributed by atoms with Crippen molar-refractivity contribution >= 4 is 66.4 Å². The lowest BCUT2D eigenvalue weighted by Crippen LogP contribution is -2.28. The van der Waals surface area contributed by atoms with Gasteiger partial charge in [-0.15, -0.1) is 0 Å². The topological polar surface area (TPSA) is 6.48 Å². The molecule has 92 heavy (non-hydrogen) atoms. The van der Waals surface area contributed by atoms with Gasteiger partial charge in [0.05, 0.1) is 22.2 Å². The molecule has 14 aromatic carbocycles. The Labute approximate surface area is 541 Å². The van der Waals surface area contributed by atoms with Crippen LogP contribution in [0.15, 0.2) is 303 Å². The van der Waals surface area contributed by atoms with Gasteiger partial charge in [0.25, 0.3) is 0 Å². The second-order valence-corrected chi connectivity index (χ2v) is 26.6. The van der Waals surface area contributed by atoms with E-state index >= 15 is 0 Å². The van der Waals surface area contributed by atoms with Crippen LogP contribution >= 0.6 is 0 Å². The van der Waals surface area contributed by atoms with Crippen LogP contribution in [0.4, 0.5) is 34.1 Å². The zero-order valence-electron chi connectivity index (χ0n) is 52.0. The lowest BCUT2D eigenvalue weighted by Gasteiger charge is -2.36. The second-order valence-electron chi connectivity index (χ2n) is 26.6. The largest absolute Gasteiger partial charge is 0.310 e. The van der Waals surface area contributed by atoms with Crippen LogP contribution < -0.4 is 9.80 Å². The number of benzene rings is 14. The predicted molar refractivity (Wildman–Crippen MR) is 386 cm³/mol. The van der Waals surface area contributed by atoms with E-state index in [9.17, 15) is 0 Å². The summed E-state index contributed by atoms with van der Waals surface area (Å²) < 4.78 is 0. The molecular weight excluding hydrogens is 1110 g/mol. The van der Waals surface area contributed by atoms with Crippen molar-refractivity contribution in [3.05, 3.63) is 359 Å². The fourth-order valence-corrected chi connectivity index (χ4v) is 18.1. The molecule has 442 valence electrons. The van der Waals surface area contributed by atoms with Gasteiger partial charge in [-0.25, -0.2) is 0 Å². The third kappa shape index (κ3) is 8.32. The minimum absolute atomic E-state index is 0.437. The highest BCUT2D eigenvalue weighted by Crippen LogP contribution is 2.60. The fraction of sp³-hybridized carbons (Fsp3) is 0.156. The molecule has 0 aliphatic heterocycles. The third-order valence-electron chi connectivity index (χ3n) is 21.9. The predicted octanol–water partition coefficient (Wildman–Crippen LogP) is 24.3. The summed E-state index contributed by atoms with van der Waals surface area (Å²) in [6.45, 7) is 0. The normalized spacial score (nSPS) is 15.7. The van der Waals surface area contributed by atoms with Gasteiger partial charge in [-0.3, -0.25) is 0 Å². The van der Waals surface area contributed by atoms with E-state index in [1.807, 2.05) is 0 Å². The zero-order chi connectivity index (χ0) is 60.7. The summed E-state index contributed by atoms with van der Waals surface area (Å²) in [4.78, 5) is 5.25. The molecule has 2 heteroatoms. The minimum atomic E-state index is -0.549. The first kappa shape index (κ1) is 54.6. The number of nitrogens with zero attached hydrogens (tertiary/aromatic N) is 2. The molecule has 2 nitrogen and oxygen atoms in total. The highest BCUT2D eigenvalue weighted by atomic mass is 15.2. The monoisotopic (exact) mass is 1180 g/mol. The van der Waals surface area contributed by atoms with Gasteiger partial charge in [0.1, 0.15) is 0 Å². The molecule has 4 aliphatic carbocycles. The fourth-order valence-electron chi connectivity index (χ4n) is 18.1. The van der Waals surface area contributed by atoms with Gasteiger partial charge in [0.15, 0.2) is 0 Å². The average Bonchev–Trinajstić information content (AvgIpc) is 1.79. The average molecular weight is 1180 g/mol. The molecule has 0 bridgehead atoms. The maximum absolute atomic E-state index is 2.65. The summed E-state index contributed by atoms with van der Waals surface area (Å²) in [5.41, 5.74) is 24.5. The molecule has 14 aromatic rings. The maximum Gasteiger partial charge on any atom is 0.0714 e. The van der Waals surface area contributed by atoms with Crippen LogP contribution in [0.1, 0.15) is 132 Å². The highest BCUT2D eigenvalue weighted by Gasteiger charge is 2.48. The van der Waals surface area contributed by atoms with E-state index in [0.29, 0.717) is 11.8 Å². The van der Waals surface area contributed by atoms with Crippen LogP contribution in [0.5, 0.6) is 0 Å². The van der Waals surface area contributed by atoms with Crippen molar-refractivity contribution in [2.24, 2.45) is 0 Å². The molecule has 18 rings (SSSR count). The van der Waals surface area contributed by atoms with Crippen molar-refractivity contribution in [1.29, 1.82) is 0 Å². The van der Waals surface area contributed by atoms with Crippen LogP contribution in [0, 0.1) is 0 Å². The van der Waals surface area contributed by atoms with E-state index in [1.54, 1.807) is 0 Å². The lowest BCUT2D eigenvalue weighted by atomic mass is 9.67. The van der Waals surface area contributed by atoms with E-state index in [0.717, 1.165) is 22.7 Å². The van der Waals surface area contributed by atoms with E-state index in [-0.39, 0.29) is 0 Å². The van der Waals surface area contributed by atoms with E-state index in [2.05, 4.69) is 313 Å². The van der Waals surface area contributed by atoms with Crippen LogP contribution in [0.3, 0.4) is 0 Å². The molecule has 0 saturated heterocycles. The first-order valence-corrected chi connectivity index (χ1v) is 33.9. The molecule has 0 spiro atoms. The molecule has 0 amide bonds. The number of anilines is 6. The molecule has 0 aromatic heterocycles. The first-order chi connectivity index (χ1) is 45.7. The summed E-state index contributed by atoms with van der Waals surface area (Å²) in [5, 5.41) is 8.14. The molecule has 0 heterocycles. The smallest absolute Gasteiger partial charge is 0.0714 e. The van der Waals surface area contributed by atoms with E-state index in [1.165, 1.54) is 186 Å². The van der Waals surface area contributed by atoms with Crippen molar-refractivity contribution < 1.29 is 0 Å². The number of fused-ring (bicyclic) bond motifs is 6. The van der Waals surface area contributed by atoms with Crippen molar-refractivity contribution in [2.45, 2.75) is 86.9 Å². The quantitative estimate of drug-likeness (QED) is 0.113. The molecule has 0 N–H and O–H groups in total. The standard InChI is InChI=1S/C90H72N2/c1-7-29-61(30-8-1)79-59-85(91(67-39-15-5-16-40-67)69-43-27-37-65(57-69)89(63-33-11-3-12-34-63)81-49-23-19-45-71(81)72-46-20-24-50-82(72)89)77-56-54-76-80(62-31-9-2-10-32-62)60-86(78-55-53-75(79)87(77)88(76)78)92(68-41-17-6-18-42-68)70-44-28-38-66(58-70)90(64-35-13-4-14-36-64)83-51-25-21-47-73(83)74-48-22-26-52-84(74)90/h3-6,11-28,33-62H,1-2,7-10,29-32H2. The Morgan fingerprint density at radius 2 is 0.533 bits per heavy atom. The lowest BCUT2D eigenvalue weighted by molar-refractivity contribution is 0.445. The number of para-hydroxylation sites is 2. The number of hydrogen-bond acceptors (Lipinski definition) is 2. The van der Waals surface area contributed by atoms with Gasteiger partial charge in [-0.05, 0) is 198 Å². The van der Waals surface area contributed by atoms with Crippen LogP contribution in [-0.2, 0) is 10.8 Å².